The summed E-state index contributed by atoms with van der Waals surface area (Å²) in [5.41, 5.74) is 3.66. The fourth-order valence-electron chi connectivity index (χ4n) is 3.52. The SMILES string of the molecule is CCn1c(SCc2nc(-c3ccccc3)oc2C)nc2cc(-c3ccccc3)sc2c1=O. The quantitative estimate of drug-likeness (QED) is 0.217. The fourth-order valence-corrected chi connectivity index (χ4v) is 5.64. The Hall–Kier alpha value is -3.16. The third-order valence-electron chi connectivity index (χ3n) is 5.22. The van der Waals surface area contributed by atoms with E-state index in [1.807, 2.05) is 68.4 Å². The van der Waals surface area contributed by atoms with Crippen LogP contribution in [-0.2, 0) is 12.3 Å². The molecule has 0 spiro atoms. The van der Waals surface area contributed by atoms with Crippen LogP contribution in [0.2, 0.25) is 0 Å². The lowest BCUT2D eigenvalue weighted by Crippen LogP contribution is -2.21. The minimum absolute atomic E-state index is 0.00836. The molecule has 5 aromatic rings. The summed E-state index contributed by atoms with van der Waals surface area (Å²) >= 11 is 3.02. The van der Waals surface area contributed by atoms with E-state index in [1.54, 1.807) is 4.57 Å². The molecule has 2 aromatic carbocycles. The molecule has 32 heavy (non-hydrogen) atoms. The number of fused-ring (bicyclic) bond motifs is 1. The van der Waals surface area contributed by atoms with E-state index >= 15 is 0 Å². The van der Waals surface area contributed by atoms with Gasteiger partial charge in [-0.3, -0.25) is 9.36 Å². The monoisotopic (exact) mass is 459 g/mol. The number of hydrogen-bond donors (Lipinski definition) is 0. The van der Waals surface area contributed by atoms with E-state index in [9.17, 15) is 4.79 Å². The molecule has 3 aromatic heterocycles. The van der Waals surface area contributed by atoms with E-state index in [-0.39, 0.29) is 5.56 Å². The number of hydrogen-bond acceptors (Lipinski definition) is 6. The molecule has 0 saturated heterocycles. The number of aromatic nitrogens is 3. The Morgan fingerprint density at radius 3 is 2.38 bits per heavy atom. The minimum Gasteiger partial charge on any atom is -0.441 e. The summed E-state index contributed by atoms with van der Waals surface area (Å²) in [6, 6.07) is 22.0. The highest BCUT2D eigenvalue weighted by molar-refractivity contribution is 7.98. The van der Waals surface area contributed by atoms with Gasteiger partial charge in [0, 0.05) is 22.7 Å². The minimum atomic E-state index is 0.00836. The molecule has 0 bridgehead atoms. The zero-order valence-electron chi connectivity index (χ0n) is 17.7. The number of thiophene rings is 1. The van der Waals surface area contributed by atoms with E-state index in [0.717, 1.165) is 33.0 Å². The van der Waals surface area contributed by atoms with Gasteiger partial charge in [-0.15, -0.1) is 11.3 Å². The zero-order valence-corrected chi connectivity index (χ0v) is 19.4. The first-order chi connectivity index (χ1) is 15.6. The predicted octanol–water partition coefficient (Wildman–Crippen LogP) is 6.40. The van der Waals surface area contributed by atoms with Crippen molar-refractivity contribution in [2.24, 2.45) is 0 Å². The van der Waals surface area contributed by atoms with Crippen molar-refractivity contribution in [3.8, 4) is 21.9 Å². The molecule has 0 N–H and O–H groups in total. The molecule has 0 aliphatic heterocycles. The van der Waals surface area contributed by atoms with E-state index in [2.05, 4.69) is 17.1 Å². The lowest BCUT2D eigenvalue weighted by Gasteiger charge is -2.08. The Labute approximate surface area is 193 Å². The Balaban J connectivity index is 1.47. The molecule has 0 amide bonds. The van der Waals surface area contributed by atoms with Crippen molar-refractivity contribution in [1.82, 2.24) is 14.5 Å². The van der Waals surface area contributed by atoms with Crippen molar-refractivity contribution >= 4 is 33.3 Å². The Morgan fingerprint density at radius 2 is 1.69 bits per heavy atom. The van der Waals surface area contributed by atoms with E-state index in [4.69, 9.17) is 9.40 Å². The summed E-state index contributed by atoms with van der Waals surface area (Å²) < 4.78 is 8.32. The highest BCUT2D eigenvalue weighted by Crippen LogP contribution is 2.33. The molecule has 0 aliphatic carbocycles. The van der Waals surface area contributed by atoms with Gasteiger partial charge < -0.3 is 4.42 Å². The summed E-state index contributed by atoms with van der Waals surface area (Å²) in [4.78, 5) is 23.7. The maximum atomic E-state index is 13.2. The van der Waals surface area contributed by atoms with Crippen molar-refractivity contribution < 1.29 is 4.42 Å². The second-order valence-corrected chi connectivity index (χ2v) is 9.31. The molecule has 0 fully saturated rings. The fraction of sp³-hybridized carbons (Fsp3) is 0.160. The second-order valence-electron chi connectivity index (χ2n) is 7.31. The number of oxazole rings is 1. The molecular weight excluding hydrogens is 438 g/mol. The topological polar surface area (TPSA) is 60.9 Å². The van der Waals surface area contributed by atoms with Gasteiger partial charge in [-0.2, -0.15) is 0 Å². The number of nitrogens with zero attached hydrogens (tertiary/aromatic N) is 3. The van der Waals surface area contributed by atoms with Crippen LogP contribution in [0, 0.1) is 6.92 Å². The molecule has 5 rings (SSSR count). The molecule has 160 valence electrons. The molecule has 0 radical (unpaired) electrons. The lowest BCUT2D eigenvalue weighted by molar-refractivity contribution is 0.540. The van der Waals surface area contributed by atoms with Crippen molar-refractivity contribution in [3.63, 3.8) is 0 Å². The molecular formula is C25H21N3O2S2. The zero-order chi connectivity index (χ0) is 22.1. The first-order valence-corrected chi connectivity index (χ1v) is 12.2. The van der Waals surface area contributed by atoms with Gasteiger partial charge in [0.25, 0.3) is 5.56 Å². The maximum absolute atomic E-state index is 13.2. The molecule has 5 nitrogen and oxygen atoms in total. The first kappa shape index (κ1) is 20.7. The van der Waals surface area contributed by atoms with Crippen LogP contribution in [0.15, 0.2) is 81.1 Å². The van der Waals surface area contributed by atoms with Gasteiger partial charge >= 0.3 is 0 Å². The van der Waals surface area contributed by atoms with Gasteiger partial charge in [0.05, 0.1) is 11.2 Å². The van der Waals surface area contributed by atoms with Crippen molar-refractivity contribution in [2.75, 3.05) is 0 Å². The van der Waals surface area contributed by atoms with E-state index in [0.29, 0.717) is 28.0 Å². The van der Waals surface area contributed by atoms with Gasteiger partial charge in [0.15, 0.2) is 5.16 Å². The Morgan fingerprint density at radius 1 is 1.00 bits per heavy atom. The van der Waals surface area contributed by atoms with Gasteiger partial charge in [-0.25, -0.2) is 9.97 Å². The number of rotatable bonds is 6. The van der Waals surface area contributed by atoms with Crippen LogP contribution < -0.4 is 5.56 Å². The third-order valence-corrected chi connectivity index (χ3v) is 7.37. The normalized spacial score (nSPS) is 11.3. The second kappa shape index (κ2) is 8.76. The number of benzene rings is 2. The molecule has 0 aliphatic rings. The van der Waals surface area contributed by atoms with Crippen molar-refractivity contribution in [3.05, 3.63) is 88.5 Å². The average Bonchev–Trinajstić information content (AvgIpc) is 3.43. The summed E-state index contributed by atoms with van der Waals surface area (Å²) in [7, 11) is 0. The van der Waals surface area contributed by atoms with E-state index < -0.39 is 0 Å². The van der Waals surface area contributed by atoms with Crippen LogP contribution >= 0.6 is 23.1 Å². The smallest absolute Gasteiger partial charge is 0.272 e. The molecule has 7 heteroatoms. The van der Waals surface area contributed by atoms with E-state index in [1.165, 1.54) is 23.1 Å². The highest BCUT2D eigenvalue weighted by Gasteiger charge is 2.17. The van der Waals surface area contributed by atoms with Crippen LogP contribution in [0.3, 0.4) is 0 Å². The van der Waals surface area contributed by atoms with Gasteiger partial charge in [0.1, 0.15) is 10.5 Å². The summed E-state index contributed by atoms with van der Waals surface area (Å²) in [5.74, 6) is 1.97. The van der Waals surface area contributed by atoms with Crippen molar-refractivity contribution in [2.45, 2.75) is 31.3 Å². The Kier molecular flexibility index (Phi) is 5.68. The number of thioether (sulfide) groups is 1. The first-order valence-electron chi connectivity index (χ1n) is 10.4. The highest BCUT2D eigenvalue weighted by atomic mass is 32.2. The number of aryl methyl sites for hydroxylation is 1. The molecule has 0 saturated carbocycles. The van der Waals surface area contributed by atoms with Crippen LogP contribution in [-0.4, -0.2) is 14.5 Å². The average molecular weight is 460 g/mol. The summed E-state index contributed by atoms with van der Waals surface area (Å²) in [6.45, 7) is 4.46. The Bertz CT molecular complexity index is 1440. The van der Waals surface area contributed by atoms with Gasteiger partial charge in [0.2, 0.25) is 5.89 Å². The van der Waals surface area contributed by atoms with Crippen molar-refractivity contribution in [1.29, 1.82) is 0 Å². The van der Waals surface area contributed by atoms with Gasteiger partial charge in [-0.05, 0) is 37.6 Å². The molecule has 3 heterocycles. The third kappa shape index (κ3) is 3.89. The summed E-state index contributed by atoms with van der Waals surface area (Å²) in [5, 5.41) is 0.700. The maximum Gasteiger partial charge on any atom is 0.272 e. The van der Waals surface area contributed by atoms with Crippen LogP contribution in [0.25, 0.3) is 32.1 Å². The molecule has 0 atom stereocenters. The van der Waals surface area contributed by atoms with Crippen LogP contribution in [0.5, 0.6) is 0 Å². The lowest BCUT2D eigenvalue weighted by atomic mass is 10.2. The summed E-state index contributed by atoms with van der Waals surface area (Å²) in [6.07, 6.45) is 0. The predicted molar refractivity (Wildman–Crippen MR) is 131 cm³/mol. The largest absolute Gasteiger partial charge is 0.441 e. The van der Waals surface area contributed by atoms with Gasteiger partial charge in [-0.1, -0.05) is 60.3 Å². The molecule has 0 unspecified atom stereocenters. The van der Waals surface area contributed by atoms with Crippen LogP contribution in [0.4, 0.5) is 0 Å². The standard InChI is InChI=1S/C25H21N3O2S2/c1-3-28-24(29)22-19(14-21(32-22)17-10-6-4-7-11-17)27-25(28)31-15-20-16(2)30-23(26-20)18-12-8-5-9-13-18/h4-14H,3,15H2,1-2H3. The van der Waals surface area contributed by atoms with Crippen LogP contribution in [0.1, 0.15) is 18.4 Å².